The second-order valence-electron chi connectivity index (χ2n) is 4.50. The number of hydrogen-bond donors (Lipinski definition) is 0. The number of rotatable bonds is 2. The normalized spacial score (nSPS) is 23.2. The maximum atomic E-state index is 12.4. The fourth-order valence-corrected chi connectivity index (χ4v) is 3.84. The molecule has 2 heterocycles. The summed E-state index contributed by atoms with van der Waals surface area (Å²) in [6, 6.07) is 1.69. The van der Waals surface area contributed by atoms with E-state index in [0.717, 1.165) is 6.54 Å². The highest BCUT2D eigenvalue weighted by Gasteiger charge is 2.32. The van der Waals surface area contributed by atoms with Crippen LogP contribution in [0.2, 0.25) is 5.02 Å². The first-order valence-electron chi connectivity index (χ1n) is 5.73. The lowest BCUT2D eigenvalue weighted by atomic mass is 10.2. The zero-order valence-electron chi connectivity index (χ0n) is 10.4. The Kier molecular flexibility index (Phi) is 3.91. The Labute approximate surface area is 112 Å². The number of aromatic nitrogens is 1. The highest BCUT2D eigenvalue weighted by Crippen LogP contribution is 2.24. The van der Waals surface area contributed by atoms with Gasteiger partial charge in [0.05, 0.1) is 5.02 Å². The van der Waals surface area contributed by atoms with Crippen molar-refractivity contribution in [2.24, 2.45) is 0 Å². The molecule has 0 bridgehead atoms. The number of pyridine rings is 1. The summed E-state index contributed by atoms with van der Waals surface area (Å²) < 4.78 is 26.4. The fraction of sp³-hybridized carbons (Fsp3) is 0.545. The molecule has 7 heteroatoms. The van der Waals surface area contributed by atoms with Gasteiger partial charge in [0.15, 0.2) is 0 Å². The highest BCUT2D eigenvalue weighted by atomic mass is 35.5. The van der Waals surface area contributed by atoms with E-state index in [0.29, 0.717) is 13.1 Å². The van der Waals surface area contributed by atoms with E-state index in [1.165, 1.54) is 22.8 Å². The third kappa shape index (κ3) is 2.51. The van der Waals surface area contributed by atoms with Gasteiger partial charge in [0.25, 0.3) is 0 Å². The lowest BCUT2D eigenvalue weighted by molar-refractivity contribution is 0.159. The Hall–Kier alpha value is -0.690. The molecule has 0 saturated carbocycles. The van der Waals surface area contributed by atoms with E-state index < -0.39 is 10.0 Å². The molecular weight excluding hydrogens is 274 g/mol. The van der Waals surface area contributed by atoms with Crippen molar-refractivity contribution >= 4 is 21.6 Å². The van der Waals surface area contributed by atoms with Crippen molar-refractivity contribution in [3.05, 3.63) is 23.5 Å². The maximum absolute atomic E-state index is 12.4. The van der Waals surface area contributed by atoms with E-state index in [4.69, 9.17) is 11.6 Å². The number of sulfonamides is 1. The van der Waals surface area contributed by atoms with Gasteiger partial charge >= 0.3 is 0 Å². The predicted octanol–water partition coefficient (Wildman–Crippen LogP) is 1.06. The van der Waals surface area contributed by atoms with Gasteiger partial charge in [-0.05, 0) is 20.0 Å². The SMILES string of the molecule is CC1CN(S(=O)(=O)c2cnccc2Cl)CCN1C. The van der Waals surface area contributed by atoms with Crippen molar-refractivity contribution in [3.63, 3.8) is 0 Å². The molecule has 1 saturated heterocycles. The molecule has 0 amide bonds. The molecule has 0 aliphatic carbocycles. The highest BCUT2D eigenvalue weighted by molar-refractivity contribution is 7.89. The van der Waals surface area contributed by atoms with Crippen LogP contribution in [0, 0.1) is 0 Å². The van der Waals surface area contributed by atoms with Gasteiger partial charge in [0.1, 0.15) is 4.90 Å². The zero-order chi connectivity index (χ0) is 13.3. The summed E-state index contributed by atoms with van der Waals surface area (Å²) >= 11 is 5.94. The van der Waals surface area contributed by atoms with Crippen molar-refractivity contribution < 1.29 is 8.42 Å². The Morgan fingerprint density at radius 2 is 2.17 bits per heavy atom. The van der Waals surface area contributed by atoms with Crippen LogP contribution >= 0.6 is 11.6 Å². The standard InChI is InChI=1S/C11H16ClN3O2S/c1-9-8-15(6-5-14(9)2)18(16,17)11-7-13-4-3-10(11)12/h3-4,7,9H,5-6,8H2,1-2H3. The lowest BCUT2D eigenvalue weighted by Gasteiger charge is -2.36. The van der Waals surface area contributed by atoms with Crippen molar-refractivity contribution in [1.29, 1.82) is 0 Å². The average Bonchev–Trinajstić information content (AvgIpc) is 2.33. The van der Waals surface area contributed by atoms with Crippen LogP contribution in [0.3, 0.4) is 0 Å². The summed E-state index contributed by atoms with van der Waals surface area (Å²) in [6.45, 7) is 3.68. The Bertz CT molecular complexity index is 535. The summed E-state index contributed by atoms with van der Waals surface area (Å²) in [5, 5.41) is 0.219. The Balaban J connectivity index is 2.30. The van der Waals surface area contributed by atoms with Gasteiger partial charge in [0.2, 0.25) is 10.0 Å². The first-order chi connectivity index (χ1) is 8.43. The van der Waals surface area contributed by atoms with E-state index in [1.807, 2.05) is 14.0 Å². The fourth-order valence-electron chi connectivity index (χ4n) is 1.93. The lowest BCUT2D eigenvalue weighted by Crippen LogP contribution is -2.51. The third-order valence-electron chi connectivity index (χ3n) is 3.27. The van der Waals surface area contributed by atoms with Crippen molar-refractivity contribution in [2.75, 3.05) is 26.7 Å². The summed E-state index contributed by atoms with van der Waals surface area (Å²) in [6.07, 6.45) is 2.79. The molecule has 1 aromatic rings. The van der Waals surface area contributed by atoms with Gasteiger partial charge in [-0.25, -0.2) is 8.42 Å². The number of nitrogens with zero attached hydrogens (tertiary/aromatic N) is 3. The summed E-state index contributed by atoms with van der Waals surface area (Å²) in [5.41, 5.74) is 0. The monoisotopic (exact) mass is 289 g/mol. The molecule has 1 aliphatic rings. The molecule has 18 heavy (non-hydrogen) atoms. The summed E-state index contributed by atoms with van der Waals surface area (Å²) in [5.74, 6) is 0. The maximum Gasteiger partial charge on any atom is 0.246 e. The molecule has 1 fully saturated rings. The second kappa shape index (κ2) is 5.13. The van der Waals surface area contributed by atoms with Gasteiger partial charge in [-0.15, -0.1) is 0 Å². The van der Waals surface area contributed by atoms with Crippen LogP contribution in [0.15, 0.2) is 23.4 Å². The molecule has 0 radical (unpaired) electrons. The number of piperazine rings is 1. The van der Waals surface area contributed by atoms with Crippen LogP contribution in [-0.2, 0) is 10.0 Å². The molecule has 1 unspecified atom stereocenters. The van der Waals surface area contributed by atoms with Crippen molar-refractivity contribution in [2.45, 2.75) is 17.9 Å². The molecule has 1 aromatic heterocycles. The van der Waals surface area contributed by atoms with Crippen LogP contribution in [0.1, 0.15) is 6.92 Å². The largest absolute Gasteiger partial charge is 0.301 e. The number of likely N-dealkylation sites (N-methyl/N-ethyl adjacent to an activating group) is 1. The molecule has 0 aromatic carbocycles. The van der Waals surface area contributed by atoms with E-state index in [1.54, 1.807) is 0 Å². The predicted molar refractivity (Wildman–Crippen MR) is 70.1 cm³/mol. The van der Waals surface area contributed by atoms with Gasteiger partial charge in [-0.2, -0.15) is 4.31 Å². The van der Waals surface area contributed by atoms with Gasteiger partial charge in [-0.1, -0.05) is 11.6 Å². The van der Waals surface area contributed by atoms with Crippen LogP contribution in [0.25, 0.3) is 0 Å². The average molecular weight is 290 g/mol. The summed E-state index contributed by atoms with van der Waals surface area (Å²) in [4.78, 5) is 6.06. The minimum Gasteiger partial charge on any atom is -0.301 e. The van der Waals surface area contributed by atoms with E-state index >= 15 is 0 Å². The van der Waals surface area contributed by atoms with E-state index in [9.17, 15) is 8.42 Å². The quantitative estimate of drug-likeness (QED) is 0.817. The van der Waals surface area contributed by atoms with Gasteiger partial charge in [-0.3, -0.25) is 4.98 Å². The number of halogens is 1. The van der Waals surface area contributed by atoms with Crippen molar-refractivity contribution in [3.8, 4) is 0 Å². The van der Waals surface area contributed by atoms with Gasteiger partial charge < -0.3 is 4.90 Å². The zero-order valence-corrected chi connectivity index (χ0v) is 11.9. The molecule has 100 valence electrons. The van der Waals surface area contributed by atoms with Crippen LogP contribution in [0.4, 0.5) is 0 Å². The molecule has 2 rings (SSSR count). The first-order valence-corrected chi connectivity index (χ1v) is 7.54. The minimum atomic E-state index is -3.54. The van der Waals surface area contributed by atoms with Crippen LogP contribution < -0.4 is 0 Å². The van der Waals surface area contributed by atoms with Crippen LogP contribution in [-0.4, -0.2) is 55.3 Å². The Morgan fingerprint density at radius 3 is 2.78 bits per heavy atom. The molecule has 1 aliphatic heterocycles. The van der Waals surface area contributed by atoms with E-state index in [-0.39, 0.29) is 16.0 Å². The summed E-state index contributed by atoms with van der Waals surface area (Å²) in [7, 11) is -1.55. The number of hydrogen-bond acceptors (Lipinski definition) is 4. The second-order valence-corrected chi connectivity index (χ2v) is 6.81. The minimum absolute atomic E-state index is 0.0865. The molecule has 1 atom stereocenters. The molecule has 0 spiro atoms. The molecule has 0 N–H and O–H groups in total. The van der Waals surface area contributed by atoms with Gasteiger partial charge in [0, 0.05) is 38.1 Å². The smallest absolute Gasteiger partial charge is 0.246 e. The molecular formula is C11H16ClN3O2S. The van der Waals surface area contributed by atoms with Crippen LogP contribution in [0.5, 0.6) is 0 Å². The Morgan fingerprint density at radius 1 is 1.44 bits per heavy atom. The third-order valence-corrected chi connectivity index (χ3v) is 5.61. The van der Waals surface area contributed by atoms with Crippen molar-refractivity contribution in [1.82, 2.24) is 14.2 Å². The topological polar surface area (TPSA) is 53.5 Å². The first kappa shape index (κ1) is 13.7. The molecule has 5 nitrogen and oxygen atoms in total. The van der Waals surface area contributed by atoms with E-state index in [2.05, 4.69) is 9.88 Å².